The van der Waals surface area contributed by atoms with Gasteiger partial charge in [-0.15, -0.1) is 0 Å². The number of amides is 1. The fourth-order valence-corrected chi connectivity index (χ4v) is 1.16. The summed E-state index contributed by atoms with van der Waals surface area (Å²) in [4.78, 5) is 22.8. The molecular formula is C11H13N3O2. The summed E-state index contributed by atoms with van der Waals surface area (Å²) in [7, 11) is 1.62. The van der Waals surface area contributed by atoms with Gasteiger partial charge in [-0.05, 0) is 12.5 Å². The second kappa shape index (κ2) is 5.71. The first-order valence-electron chi connectivity index (χ1n) is 4.97. The van der Waals surface area contributed by atoms with Crippen molar-refractivity contribution in [1.82, 2.24) is 9.88 Å². The molecule has 0 aliphatic carbocycles. The van der Waals surface area contributed by atoms with E-state index in [0.717, 1.165) is 0 Å². The van der Waals surface area contributed by atoms with Crippen molar-refractivity contribution in [3.05, 3.63) is 34.2 Å². The lowest BCUT2D eigenvalue weighted by Gasteiger charge is -2.04. The highest BCUT2D eigenvalue weighted by Gasteiger charge is 2.05. The molecule has 0 saturated carbocycles. The Kier molecular flexibility index (Phi) is 4.28. The molecule has 1 N–H and O–H groups in total. The number of nitrogens with one attached hydrogen (secondary N) is 1. The topological polar surface area (TPSA) is 74.9 Å². The molecular weight excluding hydrogens is 206 g/mol. The van der Waals surface area contributed by atoms with Gasteiger partial charge in [0.15, 0.2) is 0 Å². The molecule has 0 saturated heterocycles. The SMILES string of the molecule is Cn1ccc(C(=O)NCCCC#N)cc1=O. The molecule has 16 heavy (non-hydrogen) atoms. The maximum Gasteiger partial charge on any atom is 0.251 e. The number of pyridine rings is 1. The Balaban J connectivity index is 2.57. The number of nitriles is 1. The van der Waals surface area contributed by atoms with Crippen LogP contribution in [-0.2, 0) is 7.05 Å². The second-order valence-corrected chi connectivity index (χ2v) is 3.38. The van der Waals surface area contributed by atoms with Crippen molar-refractivity contribution >= 4 is 5.91 Å². The Hall–Kier alpha value is -2.09. The monoisotopic (exact) mass is 219 g/mol. The van der Waals surface area contributed by atoms with Crippen LogP contribution in [0.3, 0.4) is 0 Å². The molecule has 0 unspecified atom stereocenters. The number of rotatable bonds is 4. The molecule has 0 bridgehead atoms. The van der Waals surface area contributed by atoms with Gasteiger partial charge in [-0.1, -0.05) is 0 Å². The molecule has 84 valence electrons. The summed E-state index contributed by atoms with van der Waals surface area (Å²) in [5.41, 5.74) is 0.129. The number of aromatic nitrogens is 1. The van der Waals surface area contributed by atoms with Gasteiger partial charge in [0.25, 0.3) is 11.5 Å². The summed E-state index contributed by atoms with van der Waals surface area (Å²) in [6, 6.07) is 4.87. The molecule has 1 aromatic rings. The number of carbonyl (C=O) groups is 1. The highest BCUT2D eigenvalue weighted by Crippen LogP contribution is 1.94. The number of hydrogen-bond donors (Lipinski definition) is 1. The zero-order valence-electron chi connectivity index (χ0n) is 9.06. The number of carbonyl (C=O) groups excluding carboxylic acids is 1. The van der Waals surface area contributed by atoms with Crippen molar-refractivity contribution in [2.24, 2.45) is 7.05 Å². The van der Waals surface area contributed by atoms with Gasteiger partial charge in [-0.25, -0.2) is 0 Å². The third kappa shape index (κ3) is 3.24. The van der Waals surface area contributed by atoms with Gasteiger partial charge < -0.3 is 9.88 Å². The summed E-state index contributed by atoms with van der Waals surface area (Å²) in [6.07, 6.45) is 2.58. The number of aryl methyl sites for hydroxylation is 1. The van der Waals surface area contributed by atoms with Crippen LogP contribution in [0.1, 0.15) is 23.2 Å². The fraction of sp³-hybridized carbons (Fsp3) is 0.364. The molecule has 1 heterocycles. The average molecular weight is 219 g/mol. The minimum absolute atomic E-state index is 0.218. The van der Waals surface area contributed by atoms with Gasteiger partial charge in [0, 0.05) is 37.8 Å². The molecule has 5 heteroatoms. The number of nitrogens with zero attached hydrogens (tertiary/aromatic N) is 2. The summed E-state index contributed by atoms with van der Waals surface area (Å²) in [6.45, 7) is 0.446. The van der Waals surface area contributed by atoms with Crippen LogP contribution < -0.4 is 10.9 Å². The summed E-state index contributed by atoms with van der Waals surface area (Å²) in [5, 5.41) is 11.0. The van der Waals surface area contributed by atoms with Crippen LogP contribution in [0, 0.1) is 11.3 Å². The van der Waals surface area contributed by atoms with Crippen LogP contribution in [0.15, 0.2) is 23.1 Å². The zero-order valence-corrected chi connectivity index (χ0v) is 9.06. The fourth-order valence-electron chi connectivity index (χ4n) is 1.16. The van der Waals surface area contributed by atoms with Gasteiger partial charge in [-0.3, -0.25) is 9.59 Å². The second-order valence-electron chi connectivity index (χ2n) is 3.38. The Morgan fingerprint density at radius 2 is 2.38 bits per heavy atom. The maximum absolute atomic E-state index is 11.5. The molecule has 0 aliphatic rings. The van der Waals surface area contributed by atoms with Crippen molar-refractivity contribution < 1.29 is 4.79 Å². The minimum atomic E-state index is -0.282. The first-order valence-corrected chi connectivity index (χ1v) is 4.97. The van der Waals surface area contributed by atoms with E-state index in [0.29, 0.717) is 24.9 Å². The molecule has 0 atom stereocenters. The summed E-state index contributed by atoms with van der Waals surface area (Å²) < 4.78 is 1.40. The lowest BCUT2D eigenvalue weighted by atomic mass is 10.2. The van der Waals surface area contributed by atoms with Gasteiger partial charge >= 0.3 is 0 Å². The maximum atomic E-state index is 11.5. The van der Waals surface area contributed by atoms with E-state index >= 15 is 0 Å². The molecule has 1 aromatic heterocycles. The smallest absolute Gasteiger partial charge is 0.251 e. The zero-order chi connectivity index (χ0) is 12.0. The first-order chi connectivity index (χ1) is 7.65. The predicted molar refractivity (Wildman–Crippen MR) is 58.9 cm³/mol. The Bertz CT molecular complexity index is 471. The van der Waals surface area contributed by atoms with E-state index in [1.807, 2.05) is 6.07 Å². The van der Waals surface area contributed by atoms with Crippen molar-refractivity contribution in [2.75, 3.05) is 6.54 Å². The standard InChI is InChI=1S/C11H13N3O2/c1-14-7-4-9(8-10(14)15)11(16)13-6-3-2-5-12/h4,7-8H,2-3,6H2,1H3,(H,13,16). The van der Waals surface area contributed by atoms with Crippen molar-refractivity contribution in [2.45, 2.75) is 12.8 Å². The number of hydrogen-bond acceptors (Lipinski definition) is 3. The van der Waals surface area contributed by atoms with Crippen molar-refractivity contribution in [3.8, 4) is 6.07 Å². The summed E-state index contributed by atoms with van der Waals surface area (Å²) >= 11 is 0. The van der Waals surface area contributed by atoms with E-state index in [1.165, 1.54) is 10.6 Å². The third-order valence-corrected chi connectivity index (χ3v) is 2.12. The van der Waals surface area contributed by atoms with Crippen molar-refractivity contribution in [1.29, 1.82) is 5.26 Å². The first kappa shape index (κ1) is 12.0. The van der Waals surface area contributed by atoms with E-state index in [4.69, 9.17) is 5.26 Å². The van der Waals surface area contributed by atoms with Gasteiger partial charge in [0.1, 0.15) is 0 Å². The highest BCUT2D eigenvalue weighted by atomic mass is 16.2. The number of unbranched alkanes of at least 4 members (excludes halogenated alkanes) is 1. The normalized spacial score (nSPS) is 9.50. The quantitative estimate of drug-likeness (QED) is 0.746. The summed E-state index contributed by atoms with van der Waals surface area (Å²) in [5.74, 6) is -0.282. The van der Waals surface area contributed by atoms with E-state index in [9.17, 15) is 9.59 Å². The lowest BCUT2D eigenvalue weighted by molar-refractivity contribution is 0.0953. The molecule has 0 radical (unpaired) electrons. The van der Waals surface area contributed by atoms with Crippen LogP contribution in [-0.4, -0.2) is 17.0 Å². The molecule has 0 aromatic carbocycles. The largest absolute Gasteiger partial charge is 0.352 e. The van der Waals surface area contributed by atoms with Gasteiger partial charge in [0.2, 0.25) is 0 Å². The Morgan fingerprint density at radius 3 is 3.00 bits per heavy atom. The predicted octanol–water partition coefficient (Wildman–Crippen LogP) is 0.419. The molecule has 0 spiro atoms. The van der Waals surface area contributed by atoms with Gasteiger partial charge in [-0.2, -0.15) is 5.26 Å². The molecule has 1 amide bonds. The average Bonchev–Trinajstić information content (AvgIpc) is 2.28. The molecule has 5 nitrogen and oxygen atoms in total. The van der Waals surface area contributed by atoms with Crippen molar-refractivity contribution in [3.63, 3.8) is 0 Å². The van der Waals surface area contributed by atoms with Crippen LogP contribution in [0.5, 0.6) is 0 Å². The molecule has 0 aliphatic heterocycles. The van der Waals surface area contributed by atoms with Gasteiger partial charge in [0.05, 0.1) is 6.07 Å². The highest BCUT2D eigenvalue weighted by molar-refractivity contribution is 5.93. The third-order valence-electron chi connectivity index (χ3n) is 2.12. The van der Waals surface area contributed by atoms with Crippen LogP contribution in [0.4, 0.5) is 0 Å². The lowest BCUT2D eigenvalue weighted by Crippen LogP contribution is -2.26. The van der Waals surface area contributed by atoms with Crippen LogP contribution >= 0.6 is 0 Å². The van der Waals surface area contributed by atoms with E-state index < -0.39 is 0 Å². The van der Waals surface area contributed by atoms with E-state index in [2.05, 4.69) is 5.32 Å². The molecule has 0 fully saturated rings. The molecule has 1 rings (SSSR count). The van der Waals surface area contributed by atoms with Crippen LogP contribution in [0.2, 0.25) is 0 Å². The van der Waals surface area contributed by atoms with E-state index in [1.54, 1.807) is 19.3 Å². The van der Waals surface area contributed by atoms with E-state index in [-0.39, 0.29) is 11.5 Å². The Labute approximate surface area is 93.3 Å². The van der Waals surface area contributed by atoms with Crippen LogP contribution in [0.25, 0.3) is 0 Å². The minimum Gasteiger partial charge on any atom is -0.352 e. The Morgan fingerprint density at radius 1 is 1.62 bits per heavy atom.